The summed E-state index contributed by atoms with van der Waals surface area (Å²) in [6.07, 6.45) is 2.26. The number of hydrogen-bond donors (Lipinski definition) is 1. The predicted octanol–water partition coefficient (Wildman–Crippen LogP) is 3.64. The summed E-state index contributed by atoms with van der Waals surface area (Å²) >= 11 is 0. The van der Waals surface area contributed by atoms with Crippen molar-refractivity contribution in [2.75, 3.05) is 13.1 Å². The molecule has 19 heavy (non-hydrogen) atoms. The minimum atomic E-state index is 0.106. The third-order valence-corrected chi connectivity index (χ3v) is 4.40. The van der Waals surface area contributed by atoms with Gasteiger partial charge in [0.1, 0.15) is 0 Å². The van der Waals surface area contributed by atoms with Crippen molar-refractivity contribution in [2.45, 2.75) is 59.5 Å². The second-order valence-electron chi connectivity index (χ2n) is 5.89. The molecule has 2 heteroatoms. The van der Waals surface area contributed by atoms with Crippen molar-refractivity contribution in [2.24, 2.45) is 5.73 Å². The molecule has 0 amide bonds. The van der Waals surface area contributed by atoms with E-state index in [9.17, 15) is 0 Å². The zero-order valence-electron chi connectivity index (χ0n) is 13.3. The molecule has 108 valence electrons. The summed E-state index contributed by atoms with van der Waals surface area (Å²) in [5.41, 5.74) is 10.3. The Balaban J connectivity index is 2.91. The van der Waals surface area contributed by atoms with Gasteiger partial charge in [-0.1, -0.05) is 32.0 Å². The van der Waals surface area contributed by atoms with Gasteiger partial charge < -0.3 is 5.73 Å². The first-order valence-electron chi connectivity index (χ1n) is 7.48. The molecule has 1 atom stereocenters. The van der Waals surface area contributed by atoms with E-state index in [4.69, 9.17) is 5.73 Å². The fourth-order valence-corrected chi connectivity index (χ4v) is 2.43. The molecule has 0 aliphatic rings. The van der Waals surface area contributed by atoms with Gasteiger partial charge in [-0.05, 0) is 56.8 Å². The lowest BCUT2D eigenvalue weighted by Gasteiger charge is -2.40. The van der Waals surface area contributed by atoms with Gasteiger partial charge in [0.2, 0.25) is 0 Å². The highest BCUT2D eigenvalue weighted by molar-refractivity contribution is 5.30. The largest absolute Gasteiger partial charge is 0.329 e. The Bertz CT molecular complexity index is 394. The van der Waals surface area contributed by atoms with Gasteiger partial charge in [-0.2, -0.15) is 0 Å². The molecule has 0 heterocycles. The summed E-state index contributed by atoms with van der Waals surface area (Å²) in [4.78, 5) is 2.54. The molecule has 1 unspecified atom stereocenters. The Morgan fingerprint density at radius 1 is 1.16 bits per heavy atom. The summed E-state index contributed by atoms with van der Waals surface area (Å²) in [5, 5.41) is 0. The molecule has 0 aliphatic carbocycles. The molecule has 0 fully saturated rings. The Hall–Kier alpha value is -0.860. The Morgan fingerprint density at radius 3 is 2.32 bits per heavy atom. The van der Waals surface area contributed by atoms with E-state index in [1.165, 1.54) is 23.1 Å². The zero-order chi connectivity index (χ0) is 14.5. The van der Waals surface area contributed by atoms with Crippen molar-refractivity contribution in [1.82, 2.24) is 4.90 Å². The first-order chi connectivity index (χ1) is 8.96. The molecule has 0 radical (unpaired) electrons. The maximum Gasteiger partial charge on any atom is 0.0304 e. The Labute approximate surface area is 119 Å². The van der Waals surface area contributed by atoms with Gasteiger partial charge in [-0.3, -0.25) is 4.90 Å². The SMILES string of the molecule is CCCN(Cc1ccc(C)c(C)c1)C(C)(CC)CN. The third kappa shape index (κ3) is 4.05. The van der Waals surface area contributed by atoms with Crippen LogP contribution in [0.1, 0.15) is 50.3 Å². The molecule has 0 spiro atoms. The van der Waals surface area contributed by atoms with Crippen LogP contribution in [0.2, 0.25) is 0 Å². The Kier molecular flexibility index (Phi) is 6.02. The van der Waals surface area contributed by atoms with Crippen molar-refractivity contribution in [3.63, 3.8) is 0 Å². The summed E-state index contributed by atoms with van der Waals surface area (Å²) in [6, 6.07) is 6.78. The van der Waals surface area contributed by atoms with E-state index in [0.29, 0.717) is 6.54 Å². The van der Waals surface area contributed by atoms with E-state index in [-0.39, 0.29) is 5.54 Å². The topological polar surface area (TPSA) is 29.3 Å². The number of nitrogens with zero attached hydrogens (tertiary/aromatic N) is 1. The van der Waals surface area contributed by atoms with Crippen molar-refractivity contribution in [3.8, 4) is 0 Å². The highest BCUT2D eigenvalue weighted by Crippen LogP contribution is 2.22. The normalized spacial score (nSPS) is 14.7. The van der Waals surface area contributed by atoms with Crippen LogP contribution in [0, 0.1) is 13.8 Å². The average molecular weight is 262 g/mol. The smallest absolute Gasteiger partial charge is 0.0304 e. The van der Waals surface area contributed by atoms with E-state index >= 15 is 0 Å². The van der Waals surface area contributed by atoms with E-state index in [1.807, 2.05) is 0 Å². The van der Waals surface area contributed by atoms with Gasteiger partial charge in [-0.15, -0.1) is 0 Å². The molecule has 2 N–H and O–H groups in total. The average Bonchev–Trinajstić information content (AvgIpc) is 2.41. The monoisotopic (exact) mass is 262 g/mol. The fourth-order valence-electron chi connectivity index (χ4n) is 2.43. The molecule has 0 saturated carbocycles. The van der Waals surface area contributed by atoms with Gasteiger partial charge in [0, 0.05) is 18.6 Å². The fraction of sp³-hybridized carbons (Fsp3) is 0.647. The van der Waals surface area contributed by atoms with Gasteiger partial charge in [0.05, 0.1) is 0 Å². The molecule has 0 aromatic heterocycles. The first-order valence-corrected chi connectivity index (χ1v) is 7.48. The molecule has 1 aromatic rings. The molecular formula is C17H30N2. The number of hydrogen-bond acceptors (Lipinski definition) is 2. The minimum absolute atomic E-state index is 0.106. The number of rotatable bonds is 7. The van der Waals surface area contributed by atoms with Gasteiger partial charge in [-0.25, -0.2) is 0 Å². The minimum Gasteiger partial charge on any atom is -0.329 e. The van der Waals surface area contributed by atoms with Crippen LogP contribution in [-0.2, 0) is 6.54 Å². The third-order valence-electron chi connectivity index (χ3n) is 4.40. The molecule has 0 saturated heterocycles. The zero-order valence-corrected chi connectivity index (χ0v) is 13.3. The van der Waals surface area contributed by atoms with Crippen LogP contribution in [0.4, 0.5) is 0 Å². The van der Waals surface area contributed by atoms with Crippen molar-refractivity contribution in [3.05, 3.63) is 34.9 Å². The first kappa shape index (κ1) is 16.2. The van der Waals surface area contributed by atoms with Crippen molar-refractivity contribution < 1.29 is 0 Å². The van der Waals surface area contributed by atoms with Crippen LogP contribution in [0.3, 0.4) is 0 Å². The number of nitrogens with two attached hydrogens (primary N) is 1. The summed E-state index contributed by atoms with van der Waals surface area (Å²) < 4.78 is 0. The van der Waals surface area contributed by atoms with Crippen LogP contribution in [0.25, 0.3) is 0 Å². The van der Waals surface area contributed by atoms with Crippen LogP contribution < -0.4 is 5.73 Å². The van der Waals surface area contributed by atoms with Gasteiger partial charge in [0.25, 0.3) is 0 Å². The molecular weight excluding hydrogens is 232 g/mol. The highest BCUT2D eigenvalue weighted by atomic mass is 15.2. The second kappa shape index (κ2) is 7.06. The van der Waals surface area contributed by atoms with Gasteiger partial charge >= 0.3 is 0 Å². The summed E-state index contributed by atoms with van der Waals surface area (Å²) in [5.74, 6) is 0. The van der Waals surface area contributed by atoms with E-state index < -0.39 is 0 Å². The van der Waals surface area contributed by atoms with E-state index in [1.54, 1.807) is 0 Å². The summed E-state index contributed by atoms with van der Waals surface area (Å²) in [6.45, 7) is 13.9. The molecule has 0 bridgehead atoms. The van der Waals surface area contributed by atoms with Gasteiger partial charge in [0.15, 0.2) is 0 Å². The van der Waals surface area contributed by atoms with Crippen molar-refractivity contribution >= 4 is 0 Å². The number of aryl methyl sites for hydroxylation is 2. The lowest BCUT2D eigenvalue weighted by molar-refractivity contribution is 0.0972. The maximum absolute atomic E-state index is 6.01. The summed E-state index contributed by atoms with van der Waals surface area (Å²) in [7, 11) is 0. The Morgan fingerprint density at radius 2 is 1.84 bits per heavy atom. The lowest BCUT2D eigenvalue weighted by atomic mass is 9.95. The maximum atomic E-state index is 6.01. The van der Waals surface area contributed by atoms with Crippen LogP contribution in [-0.4, -0.2) is 23.5 Å². The van der Waals surface area contributed by atoms with E-state index in [2.05, 4.69) is 57.7 Å². The standard InChI is InChI=1S/C17H30N2/c1-6-10-19(17(5,7-2)13-18)12-16-9-8-14(3)15(4)11-16/h8-9,11H,6-7,10,12-13,18H2,1-5H3. The molecule has 1 rings (SSSR count). The molecule has 2 nitrogen and oxygen atoms in total. The van der Waals surface area contributed by atoms with Crippen LogP contribution >= 0.6 is 0 Å². The van der Waals surface area contributed by atoms with Crippen LogP contribution in [0.15, 0.2) is 18.2 Å². The predicted molar refractivity (Wildman–Crippen MR) is 84.4 cm³/mol. The van der Waals surface area contributed by atoms with E-state index in [0.717, 1.165) is 19.5 Å². The quantitative estimate of drug-likeness (QED) is 0.813. The number of benzene rings is 1. The lowest BCUT2D eigenvalue weighted by Crippen LogP contribution is -2.51. The second-order valence-corrected chi connectivity index (χ2v) is 5.89. The molecule has 1 aromatic carbocycles. The van der Waals surface area contributed by atoms with Crippen molar-refractivity contribution in [1.29, 1.82) is 0 Å². The van der Waals surface area contributed by atoms with Crippen LogP contribution in [0.5, 0.6) is 0 Å². The molecule has 0 aliphatic heterocycles. The highest BCUT2D eigenvalue weighted by Gasteiger charge is 2.27.